The van der Waals surface area contributed by atoms with E-state index in [0.29, 0.717) is 0 Å². The summed E-state index contributed by atoms with van der Waals surface area (Å²) in [6.45, 7) is 3.98. The minimum absolute atomic E-state index is 0.155. The van der Waals surface area contributed by atoms with Gasteiger partial charge in [0, 0.05) is 0 Å². The largest absolute Gasteiger partial charge is 0.508 e. The second kappa shape index (κ2) is 6.70. The van der Waals surface area contributed by atoms with Gasteiger partial charge in [-0.05, 0) is 18.9 Å². The average Bonchev–Trinajstić information content (AvgIpc) is 2.11. The van der Waals surface area contributed by atoms with E-state index in [1.165, 1.54) is 7.11 Å². The summed E-state index contributed by atoms with van der Waals surface area (Å²) in [6.07, 6.45) is 4.78. The minimum atomic E-state index is -0.623. The van der Waals surface area contributed by atoms with Gasteiger partial charge in [0.15, 0.2) is 0 Å². The number of ether oxygens (including phenoxy) is 2. The third kappa shape index (κ3) is 4.77. The highest BCUT2D eigenvalue weighted by molar-refractivity contribution is 5.60. The summed E-state index contributed by atoms with van der Waals surface area (Å²) in [5.41, 5.74) is 0. The van der Waals surface area contributed by atoms with Crippen molar-refractivity contribution in [2.24, 2.45) is 0 Å². The van der Waals surface area contributed by atoms with Crippen LogP contribution in [0.5, 0.6) is 0 Å². The van der Waals surface area contributed by atoms with Crippen molar-refractivity contribution < 1.29 is 14.3 Å². The molecule has 0 fully saturated rings. The fourth-order valence-electron chi connectivity index (χ4n) is 0.718. The molecular formula is C9H16O3. The summed E-state index contributed by atoms with van der Waals surface area (Å²) in [6, 6.07) is 0. The van der Waals surface area contributed by atoms with Crippen LogP contribution in [0.2, 0.25) is 0 Å². The van der Waals surface area contributed by atoms with Crippen molar-refractivity contribution in [3.05, 3.63) is 12.2 Å². The quantitative estimate of drug-likeness (QED) is 0.483. The first kappa shape index (κ1) is 11.0. The van der Waals surface area contributed by atoms with Gasteiger partial charge in [-0.2, -0.15) is 0 Å². The molecule has 0 aromatic heterocycles. The lowest BCUT2D eigenvalue weighted by Gasteiger charge is -2.09. The summed E-state index contributed by atoms with van der Waals surface area (Å²) < 4.78 is 9.27. The van der Waals surface area contributed by atoms with E-state index in [9.17, 15) is 4.79 Å². The zero-order chi connectivity index (χ0) is 9.40. The van der Waals surface area contributed by atoms with Crippen LogP contribution in [0, 0.1) is 0 Å². The lowest BCUT2D eigenvalue weighted by molar-refractivity contribution is 0.0514. The maximum atomic E-state index is 10.7. The van der Waals surface area contributed by atoms with Gasteiger partial charge in [-0.25, -0.2) is 4.79 Å². The van der Waals surface area contributed by atoms with Crippen LogP contribution in [-0.2, 0) is 9.47 Å². The molecule has 12 heavy (non-hydrogen) atoms. The van der Waals surface area contributed by atoms with Gasteiger partial charge in [0.1, 0.15) is 6.10 Å². The normalized spacial score (nSPS) is 12.9. The van der Waals surface area contributed by atoms with Crippen LogP contribution in [0.25, 0.3) is 0 Å². The molecule has 0 aliphatic carbocycles. The van der Waals surface area contributed by atoms with E-state index in [1.807, 2.05) is 26.0 Å². The summed E-state index contributed by atoms with van der Waals surface area (Å²) in [7, 11) is 1.30. The Hall–Kier alpha value is -0.990. The first-order valence-electron chi connectivity index (χ1n) is 4.15. The zero-order valence-corrected chi connectivity index (χ0v) is 7.87. The molecule has 0 saturated heterocycles. The second-order valence-corrected chi connectivity index (χ2v) is 2.36. The molecule has 0 radical (unpaired) electrons. The molecule has 3 nitrogen and oxygen atoms in total. The van der Waals surface area contributed by atoms with E-state index in [2.05, 4.69) is 4.74 Å². The average molecular weight is 172 g/mol. The van der Waals surface area contributed by atoms with Crippen molar-refractivity contribution in [3.63, 3.8) is 0 Å². The molecule has 0 aromatic carbocycles. The highest BCUT2D eigenvalue weighted by Gasteiger charge is 2.07. The number of hydrogen-bond acceptors (Lipinski definition) is 3. The SMILES string of the molecule is CC/C=C/C(CC)OC(=O)OC. The monoisotopic (exact) mass is 172 g/mol. The number of hydrogen-bond donors (Lipinski definition) is 0. The summed E-state index contributed by atoms with van der Waals surface area (Å²) in [5.74, 6) is 0. The predicted octanol–water partition coefficient (Wildman–Crippen LogP) is 2.51. The van der Waals surface area contributed by atoms with Crippen LogP contribution in [0.3, 0.4) is 0 Å². The van der Waals surface area contributed by atoms with Crippen LogP contribution in [-0.4, -0.2) is 19.4 Å². The number of rotatable bonds is 4. The van der Waals surface area contributed by atoms with E-state index < -0.39 is 6.16 Å². The topological polar surface area (TPSA) is 35.5 Å². The summed E-state index contributed by atoms with van der Waals surface area (Å²) in [4.78, 5) is 10.7. The molecule has 1 unspecified atom stereocenters. The van der Waals surface area contributed by atoms with Crippen LogP contribution >= 0.6 is 0 Å². The van der Waals surface area contributed by atoms with Crippen LogP contribution in [0.1, 0.15) is 26.7 Å². The molecule has 70 valence electrons. The van der Waals surface area contributed by atoms with Gasteiger partial charge in [-0.1, -0.05) is 19.9 Å². The molecule has 3 heteroatoms. The van der Waals surface area contributed by atoms with Crippen molar-refractivity contribution in [2.45, 2.75) is 32.8 Å². The van der Waals surface area contributed by atoms with Crippen molar-refractivity contribution >= 4 is 6.16 Å². The molecule has 0 aromatic rings. The van der Waals surface area contributed by atoms with Gasteiger partial charge in [0.25, 0.3) is 0 Å². The van der Waals surface area contributed by atoms with Gasteiger partial charge < -0.3 is 9.47 Å². The third-order valence-electron chi connectivity index (χ3n) is 1.40. The van der Waals surface area contributed by atoms with Crippen molar-refractivity contribution in [1.29, 1.82) is 0 Å². The molecule has 0 bridgehead atoms. The van der Waals surface area contributed by atoms with Crippen molar-refractivity contribution in [2.75, 3.05) is 7.11 Å². The van der Waals surface area contributed by atoms with Gasteiger partial charge >= 0.3 is 6.16 Å². The summed E-state index contributed by atoms with van der Waals surface area (Å²) in [5, 5.41) is 0. The molecular weight excluding hydrogens is 156 g/mol. The van der Waals surface area contributed by atoms with E-state index in [1.54, 1.807) is 0 Å². The molecule has 0 aliphatic rings. The predicted molar refractivity (Wildman–Crippen MR) is 47.0 cm³/mol. The van der Waals surface area contributed by atoms with Gasteiger partial charge in [-0.15, -0.1) is 0 Å². The number of methoxy groups -OCH3 is 1. The smallest absolute Gasteiger partial charge is 0.438 e. The molecule has 0 N–H and O–H groups in total. The molecule has 0 saturated carbocycles. The van der Waals surface area contributed by atoms with E-state index in [4.69, 9.17) is 4.74 Å². The first-order valence-corrected chi connectivity index (χ1v) is 4.15. The molecule has 0 spiro atoms. The Bertz CT molecular complexity index is 152. The van der Waals surface area contributed by atoms with Crippen LogP contribution in [0.15, 0.2) is 12.2 Å². The fourth-order valence-corrected chi connectivity index (χ4v) is 0.718. The Balaban J connectivity index is 3.82. The van der Waals surface area contributed by atoms with Gasteiger partial charge in [-0.3, -0.25) is 0 Å². The fraction of sp³-hybridized carbons (Fsp3) is 0.667. The Morgan fingerprint density at radius 3 is 2.58 bits per heavy atom. The van der Waals surface area contributed by atoms with Crippen molar-refractivity contribution in [3.8, 4) is 0 Å². The number of allylic oxidation sites excluding steroid dienone is 1. The highest BCUT2D eigenvalue weighted by Crippen LogP contribution is 2.02. The maximum absolute atomic E-state index is 10.7. The summed E-state index contributed by atoms with van der Waals surface area (Å²) >= 11 is 0. The van der Waals surface area contributed by atoms with Crippen molar-refractivity contribution in [1.82, 2.24) is 0 Å². The highest BCUT2D eigenvalue weighted by atomic mass is 16.7. The number of carbonyl (C=O) groups is 1. The lowest BCUT2D eigenvalue weighted by Crippen LogP contribution is -2.14. The van der Waals surface area contributed by atoms with Crippen LogP contribution < -0.4 is 0 Å². The molecule has 0 rings (SSSR count). The zero-order valence-electron chi connectivity index (χ0n) is 7.87. The maximum Gasteiger partial charge on any atom is 0.508 e. The van der Waals surface area contributed by atoms with E-state index in [0.717, 1.165) is 12.8 Å². The van der Waals surface area contributed by atoms with Crippen LogP contribution in [0.4, 0.5) is 4.79 Å². The standard InChI is InChI=1S/C9H16O3/c1-4-6-7-8(5-2)12-9(10)11-3/h6-8H,4-5H2,1-3H3/b7-6+. The Kier molecular flexibility index (Phi) is 6.15. The van der Waals surface area contributed by atoms with E-state index in [-0.39, 0.29) is 6.10 Å². The third-order valence-corrected chi connectivity index (χ3v) is 1.40. The molecule has 0 heterocycles. The Labute approximate surface area is 73.4 Å². The lowest BCUT2D eigenvalue weighted by atomic mass is 10.2. The molecule has 0 amide bonds. The number of carbonyl (C=O) groups excluding carboxylic acids is 1. The Morgan fingerprint density at radius 1 is 1.50 bits per heavy atom. The van der Waals surface area contributed by atoms with Gasteiger partial charge in [0.05, 0.1) is 7.11 Å². The second-order valence-electron chi connectivity index (χ2n) is 2.36. The Morgan fingerprint density at radius 2 is 2.17 bits per heavy atom. The molecule has 0 aliphatic heterocycles. The van der Waals surface area contributed by atoms with Gasteiger partial charge in [0.2, 0.25) is 0 Å². The first-order chi connectivity index (χ1) is 5.74. The van der Waals surface area contributed by atoms with E-state index >= 15 is 0 Å². The molecule has 1 atom stereocenters. The minimum Gasteiger partial charge on any atom is -0.438 e.